The molecule has 0 unspecified atom stereocenters. The summed E-state index contributed by atoms with van der Waals surface area (Å²) in [4.78, 5) is 30.1. The van der Waals surface area contributed by atoms with Crippen LogP contribution in [0.5, 0.6) is 0 Å². The highest BCUT2D eigenvalue weighted by atomic mass is 16.4. The van der Waals surface area contributed by atoms with E-state index < -0.39 is 54.5 Å². The fraction of sp³-hybridized carbons (Fsp3) is 0.929. The molecule has 24 heteroatoms. The fourth-order valence-corrected chi connectivity index (χ4v) is 2.99. The minimum absolute atomic E-state index is 0.337. The molecule has 66 heavy (non-hydrogen) atoms. The first kappa shape index (κ1) is 83.7. The largest absolute Gasteiger partial charge is 0.481 e. The van der Waals surface area contributed by atoms with E-state index in [4.69, 9.17) is 107 Å². The van der Waals surface area contributed by atoms with Gasteiger partial charge in [0, 0.05) is 19.3 Å². The van der Waals surface area contributed by atoms with Gasteiger partial charge in [-0.05, 0) is 19.3 Å². The van der Waals surface area contributed by atoms with Gasteiger partial charge in [0.25, 0.3) is 0 Å². The lowest BCUT2D eigenvalue weighted by Gasteiger charge is -1.96. The first-order valence-corrected chi connectivity index (χ1v) is 22.2. The second kappa shape index (κ2) is 79.8. The number of carboxylic acid groups (broad SMARTS) is 3. The van der Waals surface area contributed by atoms with Crippen molar-refractivity contribution in [1.29, 1.82) is 0 Å². The van der Waals surface area contributed by atoms with E-state index in [1.165, 1.54) is 57.8 Å². The Kier molecular flexibility index (Phi) is 101. The molecule has 0 amide bonds. The number of carbonyl (C=O) groups is 3. The van der Waals surface area contributed by atoms with Crippen LogP contribution in [0.3, 0.4) is 0 Å². The number of aliphatic carboxylic acids is 3. The summed E-state index contributed by atoms with van der Waals surface area (Å²) in [6.45, 7) is 2.07. The highest BCUT2D eigenvalue weighted by Crippen LogP contribution is 2.05. The molecule has 0 aliphatic carbocycles. The van der Waals surface area contributed by atoms with Crippen molar-refractivity contribution in [2.24, 2.45) is 0 Å². The average Bonchev–Trinajstić information content (AvgIpc) is 3.33. The van der Waals surface area contributed by atoms with Crippen molar-refractivity contribution < 1.29 is 122 Å². The molecule has 0 aliphatic rings. The first-order chi connectivity index (χ1) is 31.2. The highest BCUT2D eigenvalue weighted by Gasteiger charge is 1.99. The number of hydrogen-bond acceptors (Lipinski definition) is 21. The number of unbranched alkanes of at least 4 members (excludes halogenated alkanes) is 12. The third-order valence-electron chi connectivity index (χ3n) is 7.01. The lowest BCUT2D eigenvalue weighted by Crippen LogP contribution is -2.15. The Hall–Kier alpha value is -2.31. The van der Waals surface area contributed by atoms with Gasteiger partial charge in [-0.2, -0.15) is 0 Å². The Morgan fingerprint density at radius 1 is 0.258 bits per heavy atom. The van der Waals surface area contributed by atoms with Gasteiger partial charge in [-0.3, -0.25) is 14.4 Å². The summed E-state index contributed by atoms with van der Waals surface area (Å²) in [5.41, 5.74) is 0. The van der Waals surface area contributed by atoms with Gasteiger partial charge < -0.3 is 107 Å². The average molecular weight is 985 g/mol. The van der Waals surface area contributed by atoms with Crippen LogP contribution in [0.1, 0.15) is 136 Å². The van der Waals surface area contributed by atoms with E-state index in [0.717, 1.165) is 38.5 Å². The number of aliphatic hydroxyl groups excluding tert-OH is 18. The Labute approximate surface area is 391 Å². The molecule has 21 N–H and O–H groups in total. The van der Waals surface area contributed by atoms with Gasteiger partial charge >= 0.3 is 17.9 Å². The lowest BCUT2D eigenvalue weighted by atomic mass is 10.1. The molecule has 24 nitrogen and oxygen atoms in total. The molecule has 0 spiro atoms. The maximum absolute atomic E-state index is 10.0. The van der Waals surface area contributed by atoms with Gasteiger partial charge in [-0.25, -0.2) is 0 Å². The van der Waals surface area contributed by atoms with Crippen LogP contribution in [0.2, 0.25) is 0 Å². The summed E-state index contributed by atoms with van der Waals surface area (Å²) in [5, 5.41) is 169. The summed E-state index contributed by atoms with van der Waals surface area (Å²) >= 11 is 0. The van der Waals surface area contributed by atoms with Gasteiger partial charge in [0.15, 0.2) is 0 Å². The first-order valence-electron chi connectivity index (χ1n) is 22.2. The van der Waals surface area contributed by atoms with E-state index in [1.54, 1.807) is 0 Å². The minimum atomic E-state index is -0.954. The van der Waals surface area contributed by atoms with Crippen molar-refractivity contribution in [3.05, 3.63) is 0 Å². The number of hydrogen-bond donors (Lipinski definition) is 21. The predicted molar refractivity (Wildman–Crippen MR) is 244 cm³/mol. The molecule has 0 aliphatic heterocycles. The molecule has 0 atom stereocenters. The van der Waals surface area contributed by atoms with Gasteiger partial charge in [-0.1, -0.05) is 97.8 Å². The van der Waals surface area contributed by atoms with Crippen molar-refractivity contribution in [2.75, 3.05) is 79.3 Å². The fourth-order valence-electron chi connectivity index (χ4n) is 2.99. The van der Waals surface area contributed by atoms with E-state index in [1.807, 2.05) is 0 Å². The van der Waals surface area contributed by atoms with Crippen molar-refractivity contribution in [1.82, 2.24) is 0 Å². The van der Waals surface area contributed by atoms with E-state index in [9.17, 15) is 14.4 Å². The van der Waals surface area contributed by atoms with Crippen LogP contribution < -0.4 is 0 Å². The van der Waals surface area contributed by atoms with Crippen molar-refractivity contribution in [2.45, 2.75) is 173 Å². The second-order valence-corrected chi connectivity index (χ2v) is 13.8. The third kappa shape index (κ3) is 125. The Balaban J connectivity index is -0.0000000800. The van der Waals surface area contributed by atoms with Gasteiger partial charge in [0.2, 0.25) is 0 Å². The van der Waals surface area contributed by atoms with Crippen LogP contribution >= 0.6 is 0 Å². The van der Waals surface area contributed by atoms with Crippen LogP contribution in [0.15, 0.2) is 0 Å². The normalized spacial score (nSPS) is 9.86. The molecule has 0 saturated heterocycles. The van der Waals surface area contributed by atoms with Gasteiger partial charge in [-0.15, -0.1) is 0 Å². The van der Waals surface area contributed by atoms with Crippen LogP contribution in [-0.2, 0) is 14.4 Å². The summed E-state index contributed by atoms with van der Waals surface area (Å²) in [6, 6.07) is 0. The summed E-state index contributed by atoms with van der Waals surface area (Å²) in [6.07, 6.45) is 11.9. The molecule has 0 saturated carbocycles. The third-order valence-corrected chi connectivity index (χ3v) is 7.01. The zero-order chi connectivity index (χ0) is 53.4. The zero-order valence-corrected chi connectivity index (χ0v) is 39.8. The Morgan fingerprint density at radius 3 is 0.455 bits per heavy atom. The van der Waals surface area contributed by atoms with Crippen LogP contribution in [-0.4, -0.2) is 241 Å². The smallest absolute Gasteiger partial charge is 0.303 e. The molecule has 0 rings (SSSR count). The molecule has 408 valence electrons. The number of aliphatic hydroxyl groups is 18. The molecule has 0 bridgehead atoms. The summed E-state index contributed by atoms with van der Waals surface area (Å²) in [7, 11) is 0. The second-order valence-electron chi connectivity index (χ2n) is 13.8. The number of rotatable bonds is 30. The summed E-state index contributed by atoms with van der Waals surface area (Å²) in [5.74, 6) is -2.01. The number of carboxylic acids is 3. The van der Waals surface area contributed by atoms with Crippen LogP contribution in [0.25, 0.3) is 0 Å². The molecule has 0 aromatic heterocycles. The molecule has 0 heterocycles. The van der Waals surface area contributed by atoms with Crippen molar-refractivity contribution >= 4 is 17.9 Å². The molecule has 0 aromatic carbocycles. The maximum Gasteiger partial charge on any atom is 0.303 e. The standard InChI is InChI=1S/3C8H16O2.6C3H8O3/c3*1-2-3-4-5-6-7-8(9)10;6*4-1-3(6)2-5/h3*2-7H2,1H3,(H,9,10);6*3-6H,1-2H2. The summed E-state index contributed by atoms with van der Waals surface area (Å²) < 4.78 is 0. The van der Waals surface area contributed by atoms with Crippen molar-refractivity contribution in [3.8, 4) is 0 Å². The molecular formula is C42H96O24. The topological polar surface area (TPSA) is 476 Å². The Bertz CT molecular complexity index is 690. The SMILES string of the molecule is CCCCCCCC(=O)O.CCCCCCCC(=O)O.CCCCCCCC(=O)O.OCC(O)CO.OCC(O)CO.OCC(O)CO.OCC(O)CO.OCC(O)CO.OCC(O)CO. The minimum Gasteiger partial charge on any atom is -0.481 e. The predicted octanol–water partition coefficient (Wildman–Crippen LogP) is -2.71. The Morgan fingerprint density at radius 2 is 0.379 bits per heavy atom. The zero-order valence-electron chi connectivity index (χ0n) is 39.8. The van der Waals surface area contributed by atoms with Crippen LogP contribution in [0, 0.1) is 0 Å². The maximum atomic E-state index is 10.0. The van der Waals surface area contributed by atoms with Gasteiger partial charge in [0.05, 0.1) is 79.3 Å². The quantitative estimate of drug-likeness (QED) is 0.0325. The lowest BCUT2D eigenvalue weighted by molar-refractivity contribution is -0.138. The van der Waals surface area contributed by atoms with E-state index in [0.29, 0.717) is 19.3 Å². The molecule has 0 radical (unpaired) electrons. The van der Waals surface area contributed by atoms with E-state index >= 15 is 0 Å². The van der Waals surface area contributed by atoms with Crippen LogP contribution in [0.4, 0.5) is 0 Å². The molecule has 0 fully saturated rings. The van der Waals surface area contributed by atoms with E-state index in [-0.39, 0.29) is 79.3 Å². The molecular weight excluding hydrogens is 888 g/mol. The molecule has 0 aromatic rings. The highest BCUT2D eigenvalue weighted by molar-refractivity contribution is 5.67. The van der Waals surface area contributed by atoms with Crippen molar-refractivity contribution in [3.63, 3.8) is 0 Å². The monoisotopic (exact) mass is 985 g/mol. The van der Waals surface area contributed by atoms with E-state index in [2.05, 4.69) is 20.8 Å². The van der Waals surface area contributed by atoms with Gasteiger partial charge in [0.1, 0.15) is 36.6 Å².